The average molecular weight is 336 g/mol. The Kier molecular flexibility index (Phi) is 5.89. The van der Waals surface area contributed by atoms with E-state index in [0.29, 0.717) is 31.2 Å². The molecule has 1 aliphatic heterocycles. The number of amides is 2. The molecular weight excluding hydrogens is 315 g/mol. The lowest BCUT2D eigenvalue weighted by molar-refractivity contribution is -0.137. The van der Waals surface area contributed by atoms with E-state index in [2.05, 4.69) is 10.6 Å². The molecule has 1 heterocycles. The van der Waals surface area contributed by atoms with Crippen molar-refractivity contribution in [3.63, 3.8) is 0 Å². The van der Waals surface area contributed by atoms with Gasteiger partial charge in [-0.25, -0.2) is 4.39 Å². The topological polar surface area (TPSA) is 95.5 Å². The van der Waals surface area contributed by atoms with Crippen molar-refractivity contribution in [1.82, 2.24) is 10.6 Å². The molecule has 3 N–H and O–H groups in total. The van der Waals surface area contributed by atoms with Gasteiger partial charge in [0.05, 0.1) is 0 Å². The van der Waals surface area contributed by atoms with Gasteiger partial charge in [0.2, 0.25) is 11.8 Å². The maximum absolute atomic E-state index is 13.5. The number of hydrogen-bond acceptors (Lipinski definition) is 3. The maximum Gasteiger partial charge on any atom is 0.303 e. The van der Waals surface area contributed by atoms with E-state index < -0.39 is 11.5 Å². The fraction of sp³-hybridized carbons (Fsp3) is 0.471. The predicted octanol–water partition coefficient (Wildman–Crippen LogP) is 1.74. The molecule has 24 heavy (non-hydrogen) atoms. The standard InChI is InChI=1S/C17H21FN2O4/c18-13-4-2-1-3-12(13)11-19-14(21)5-8-17(10-7-16(23)24)9-6-15(22)20-17/h1-4H,5-11H2,(H,19,21)(H,20,22)(H,23,24)/t17-/m1/s1. The predicted molar refractivity (Wildman–Crippen MR) is 84.5 cm³/mol. The molecule has 1 fully saturated rings. The first-order chi connectivity index (χ1) is 11.4. The van der Waals surface area contributed by atoms with E-state index in [-0.39, 0.29) is 37.0 Å². The van der Waals surface area contributed by atoms with E-state index >= 15 is 0 Å². The Morgan fingerprint density at radius 3 is 2.58 bits per heavy atom. The van der Waals surface area contributed by atoms with Crippen LogP contribution in [0.4, 0.5) is 4.39 Å². The summed E-state index contributed by atoms with van der Waals surface area (Å²) in [5.41, 5.74) is -0.231. The van der Waals surface area contributed by atoms with Gasteiger partial charge < -0.3 is 15.7 Å². The summed E-state index contributed by atoms with van der Waals surface area (Å²) in [5.74, 6) is -1.68. The van der Waals surface area contributed by atoms with Crippen LogP contribution in [-0.2, 0) is 20.9 Å². The minimum atomic E-state index is -0.931. The van der Waals surface area contributed by atoms with Crippen LogP contribution >= 0.6 is 0 Å². The van der Waals surface area contributed by atoms with Crippen molar-refractivity contribution in [1.29, 1.82) is 0 Å². The summed E-state index contributed by atoms with van der Waals surface area (Å²) in [6.07, 6.45) is 1.63. The Morgan fingerprint density at radius 2 is 1.96 bits per heavy atom. The molecule has 0 saturated carbocycles. The summed E-state index contributed by atoms with van der Waals surface area (Å²) in [5, 5.41) is 14.3. The van der Waals surface area contributed by atoms with Crippen LogP contribution in [-0.4, -0.2) is 28.4 Å². The second kappa shape index (κ2) is 7.90. The number of halogens is 1. The van der Waals surface area contributed by atoms with Gasteiger partial charge in [0.1, 0.15) is 5.82 Å². The third-order valence-corrected chi connectivity index (χ3v) is 4.32. The van der Waals surface area contributed by atoms with Crippen molar-refractivity contribution < 1.29 is 23.9 Å². The molecule has 1 saturated heterocycles. The quantitative estimate of drug-likeness (QED) is 0.674. The van der Waals surface area contributed by atoms with Crippen molar-refractivity contribution in [2.75, 3.05) is 0 Å². The Morgan fingerprint density at radius 1 is 1.25 bits per heavy atom. The van der Waals surface area contributed by atoms with Crippen LogP contribution in [0.15, 0.2) is 24.3 Å². The molecular formula is C17H21FN2O4. The van der Waals surface area contributed by atoms with Gasteiger partial charge in [0.15, 0.2) is 0 Å². The fourth-order valence-electron chi connectivity index (χ4n) is 2.90. The summed E-state index contributed by atoms with van der Waals surface area (Å²) in [4.78, 5) is 34.3. The zero-order chi connectivity index (χ0) is 17.6. The number of benzene rings is 1. The second-order valence-electron chi connectivity index (χ2n) is 6.09. The van der Waals surface area contributed by atoms with Gasteiger partial charge in [0.25, 0.3) is 0 Å². The van der Waals surface area contributed by atoms with Crippen LogP contribution in [0.25, 0.3) is 0 Å². The first-order valence-corrected chi connectivity index (χ1v) is 7.93. The van der Waals surface area contributed by atoms with E-state index in [0.717, 1.165) is 0 Å². The van der Waals surface area contributed by atoms with Gasteiger partial charge in [-0.2, -0.15) is 0 Å². The zero-order valence-corrected chi connectivity index (χ0v) is 13.3. The Labute approximate surface area is 139 Å². The smallest absolute Gasteiger partial charge is 0.303 e. The summed E-state index contributed by atoms with van der Waals surface area (Å²) in [7, 11) is 0. The molecule has 1 aromatic rings. The molecule has 1 aliphatic rings. The van der Waals surface area contributed by atoms with Crippen molar-refractivity contribution in [3.8, 4) is 0 Å². The van der Waals surface area contributed by atoms with Gasteiger partial charge in [0, 0.05) is 36.9 Å². The molecule has 130 valence electrons. The Balaban J connectivity index is 1.85. The number of nitrogens with one attached hydrogen (secondary N) is 2. The lowest BCUT2D eigenvalue weighted by atomic mass is 9.86. The Hall–Kier alpha value is -2.44. The minimum Gasteiger partial charge on any atom is -0.481 e. The van der Waals surface area contributed by atoms with Crippen LogP contribution in [0.1, 0.15) is 44.1 Å². The lowest BCUT2D eigenvalue weighted by Gasteiger charge is -2.28. The van der Waals surface area contributed by atoms with Crippen molar-refractivity contribution >= 4 is 17.8 Å². The number of carbonyl (C=O) groups excluding carboxylic acids is 2. The first-order valence-electron chi connectivity index (χ1n) is 7.93. The number of rotatable bonds is 8. The van der Waals surface area contributed by atoms with Gasteiger partial charge >= 0.3 is 5.97 Å². The highest BCUT2D eigenvalue weighted by atomic mass is 19.1. The number of carboxylic acids is 1. The minimum absolute atomic E-state index is 0.0584. The van der Waals surface area contributed by atoms with E-state index in [9.17, 15) is 18.8 Å². The molecule has 0 unspecified atom stereocenters. The van der Waals surface area contributed by atoms with Gasteiger partial charge in [-0.1, -0.05) is 18.2 Å². The normalized spacial score (nSPS) is 19.8. The molecule has 0 bridgehead atoms. The highest BCUT2D eigenvalue weighted by Crippen LogP contribution is 2.30. The first kappa shape index (κ1) is 17.9. The number of carbonyl (C=O) groups is 3. The Bertz CT molecular complexity index is 635. The molecule has 0 aromatic heterocycles. The van der Waals surface area contributed by atoms with Crippen LogP contribution in [0.5, 0.6) is 0 Å². The summed E-state index contributed by atoms with van der Waals surface area (Å²) >= 11 is 0. The number of hydrogen-bond donors (Lipinski definition) is 3. The zero-order valence-electron chi connectivity index (χ0n) is 13.3. The highest BCUT2D eigenvalue weighted by molar-refractivity contribution is 5.80. The SMILES string of the molecule is O=C(O)CC[C@@]1(CCC(=O)NCc2ccccc2F)CCC(=O)N1. The number of aliphatic carboxylic acids is 1. The van der Waals surface area contributed by atoms with Crippen LogP contribution in [0.2, 0.25) is 0 Å². The molecule has 1 aromatic carbocycles. The van der Waals surface area contributed by atoms with Crippen molar-refractivity contribution in [2.24, 2.45) is 0 Å². The second-order valence-corrected chi connectivity index (χ2v) is 6.09. The highest BCUT2D eigenvalue weighted by Gasteiger charge is 2.37. The van der Waals surface area contributed by atoms with E-state index in [1.54, 1.807) is 18.2 Å². The molecule has 0 aliphatic carbocycles. The maximum atomic E-state index is 13.5. The van der Waals surface area contributed by atoms with Gasteiger partial charge in [-0.3, -0.25) is 14.4 Å². The molecule has 2 amide bonds. The van der Waals surface area contributed by atoms with E-state index in [4.69, 9.17) is 5.11 Å². The third-order valence-electron chi connectivity index (χ3n) is 4.32. The monoisotopic (exact) mass is 336 g/mol. The van der Waals surface area contributed by atoms with Crippen LogP contribution < -0.4 is 10.6 Å². The van der Waals surface area contributed by atoms with Gasteiger partial charge in [-0.15, -0.1) is 0 Å². The van der Waals surface area contributed by atoms with Gasteiger partial charge in [-0.05, 0) is 25.3 Å². The fourth-order valence-corrected chi connectivity index (χ4v) is 2.90. The molecule has 6 nitrogen and oxygen atoms in total. The largest absolute Gasteiger partial charge is 0.481 e. The third kappa shape index (κ3) is 5.04. The van der Waals surface area contributed by atoms with Crippen molar-refractivity contribution in [3.05, 3.63) is 35.6 Å². The van der Waals surface area contributed by atoms with Crippen molar-refractivity contribution in [2.45, 2.75) is 50.6 Å². The summed E-state index contributed by atoms with van der Waals surface area (Å²) < 4.78 is 13.5. The van der Waals surface area contributed by atoms with E-state index in [1.165, 1.54) is 6.07 Å². The van der Waals surface area contributed by atoms with Crippen LogP contribution in [0.3, 0.4) is 0 Å². The molecule has 0 radical (unpaired) electrons. The number of carboxylic acid groups (broad SMARTS) is 1. The summed E-state index contributed by atoms with van der Waals surface area (Å²) in [6.45, 7) is 0.0972. The molecule has 2 rings (SSSR count). The van der Waals surface area contributed by atoms with E-state index in [1.807, 2.05) is 0 Å². The average Bonchev–Trinajstić information content (AvgIpc) is 2.92. The lowest BCUT2D eigenvalue weighted by Crippen LogP contribution is -2.43. The van der Waals surface area contributed by atoms with Crippen LogP contribution in [0, 0.1) is 5.82 Å². The molecule has 0 spiro atoms. The summed E-state index contributed by atoms with van der Waals surface area (Å²) in [6, 6.07) is 6.20. The molecule has 7 heteroatoms. The molecule has 1 atom stereocenters.